The molecule has 2 atom stereocenters. The fourth-order valence-corrected chi connectivity index (χ4v) is 5.16. The second-order valence-electron chi connectivity index (χ2n) is 7.29. The summed E-state index contributed by atoms with van der Waals surface area (Å²) in [5.41, 5.74) is 7.79. The highest BCUT2D eigenvalue weighted by Crippen LogP contribution is 2.34. The van der Waals surface area contributed by atoms with Crippen LogP contribution in [-0.4, -0.2) is 43.0 Å². The highest BCUT2D eigenvalue weighted by molar-refractivity contribution is 7.98. The van der Waals surface area contributed by atoms with Gasteiger partial charge in [-0.1, -0.05) is 30.4 Å². The molecule has 1 aliphatic rings. The van der Waals surface area contributed by atoms with Gasteiger partial charge in [0.25, 0.3) is 0 Å². The molecular weight excluding hydrogens is 395 g/mol. The number of aryl methyl sites for hydroxylation is 1. The Hall–Kier alpha value is -2.32. The molecule has 1 aromatic carbocycles. The van der Waals surface area contributed by atoms with E-state index in [-0.39, 0.29) is 11.7 Å². The van der Waals surface area contributed by atoms with E-state index in [0.717, 1.165) is 16.8 Å². The number of aromatic nitrogens is 1. The van der Waals surface area contributed by atoms with Crippen molar-refractivity contribution in [3.8, 4) is 0 Å². The Balaban J connectivity index is 1.96. The second kappa shape index (κ2) is 7.25. The summed E-state index contributed by atoms with van der Waals surface area (Å²) in [6.45, 7) is 3.68. The number of aliphatic imine (C=N–C) groups is 1. The Morgan fingerprint density at radius 1 is 1.43 bits per heavy atom. The van der Waals surface area contributed by atoms with Gasteiger partial charge in [0.1, 0.15) is 11.4 Å². The molecule has 1 aliphatic heterocycles. The van der Waals surface area contributed by atoms with Crippen molar-refractivity contribution in [3.63, 3.8) is 0 Å². The van der Waals surface area contributed by atoms with Gasteiger partial charge in [-0.05, 0) is 43.0 Å². The second-order valence-corrected chi connectivity index (χ2v) is 10.2. The molecule has 1 unspecified atom stereocenters. The van der Waals surface area contributed by atoms with Gasteiger partial charge in [0, 0.05) is 30.1 Å². The minimum atomic E-state index is -2.69. The first-order valence-corrected chi connectivity index (χ1v) is 11.0. The Morgan fingerprint density at radius 2 is 2.14 bits per heavy atom. The molecule has 8 heteroatoms. The largest absolute Gasteiger partial charge is 0.369 e. The van der Waals surface area contributed by atoms with Crippen LogP contribution in [0.5, 0.6) is 0 Å². The summed E-state index contributed by atoms with van der Waals surface area (Å²) >= 11 is 5.51. The molecule has 0 amide bonds. The van der Waals surface area contributed by atoms with E-state index in [1.54, 1.807) is 32.3 Å². The van der Waals surface area contributed by atoms with Gasteiger partial charge in [0.05, 0.1) is 21.2 Å². The first-order valence-electron chi connectivity index (χ1n) is 8.71. The summed E-state index contributed by atoms with van der Waals surface area (Å²) in [5.74, 6) is 3.49. The molecule has 0 fully saturated rings. The SMILES string of the molecule is C=S1(=O)C[C@@](C)(c2cc(CC(=S)c3ccc(C)cn3)ccc2F)N=C(N)N1C. The van der Waals surface area contributed by atoms with Gasteiger partial charge in [-0.15, -0.1) is 0 Å². The Morgan fingerprint density at radius 3 is 2.75 bits per heavy atom. The number of rotatable bonds is 4. The van der Waals surface area contributed by atoms with Crippen LogP contribution < -0.4 is 5.73 Å². The molecule has 2 aromatic rings. The summed E-state index contributed by atoms with van der Waals surface area (Å²) in [5, 5.41) is 0. The monoisotopic (exact) mass is 418 g/mol. The Bertz CT molecular complexity index is 1060. The minimum Gasteiger partial charge on any atom is -0.369 e. The molecule has 0 radical (unpaired) electrons. The van der Waals surface area contributed by atoms with Crippen molar-refractivity contribution in [2.75, 3.05) is 12.8 Å². The number of hydrogen-bond donors (Lipinski definition) is 1. The summed E-state index contributed by atoms with van der Waals surface area (Å²) < 4.78 is 28.9. The number of nitrogens with zero attached hydrogens (tertiary/aromatic N) is 3. The zero-order chi connectivity index (χ0) is 20.7. The fourth-order valence-electron chi connectivity index (χ4n) is 3.20. The van der Waals surface area contributed by atoms with Crippen LogP contribution in [0.3, 0.4) is 0 Å². The van der Waals surface area contributed by atoms with Crippen LogP contribution in [0.15, 0.2) is 41.5 Å². The fraction of sp³-hybridized carbons (Fsp3) is 0.300. The molecule has 148 valence electrons. The highest BCUT2D eigenvalue weighted by Gasteiger charge is 2.38. The van der Waals surface area contributed by atoms with Crippen molar-refractivity contribution in [1.29, 1.82) is 0 Å². The number of benzene rings is 1. The number of halogens is 1. The van der Waals surface area contributed by atoms with Gasteiger partial charge in [-0.3, -0.25) is 9.29 Å². The summed E-state index contributed by atoms with van der Waals surface area (Å²) in [7, 11) is -1.11. The molecule has 0 spiro atoms. The quantitative estimate of drug-likeness (QED) is 0.612. The van der Waals surface area contributed by atoms with E-state index in [1.165, 1.54) is 10.4 Å². The molecule has 0 saturated carbocycles. The van der Waals surface area contributed by atoms with E-state index >= 15 is 0 Å². The number of hydrogen-bond acceptors (Lipinski definition) is 5. The third-order valence-corrected chi connectivity index (χ3v) is 7.41. The Kier molecular flexibility index (Phi) is 5.29. The van der Waals surface area contributed by atoms with Crippen LogP contribution in [-0.2, 0) is 21.7 Å². The highest BCUT2D eigenvalue weighted by atomic mass is 32.2. The lowest BCUT2D eigenvalue weighted by atomic mass is 9.91. The van der Waals surface area contributed by atoms with Crippen LogP contribution in [0, 0.1) is 12.7 Å². The average molecular weight is 419 g/mol. The van der Waals surface area contributed by atoms with Crippen LogP contribution in [0.4, 0.5) is 4.39 Å². The van der Waals surface area contributed by atoms with E-state index in [1.807, 2.05) is 19.1 Å². The first kappa shape index (κ1) is 20.4. The molecule has 3 rings (SSSR count). The van der Waals surface area contributed by atoms with Gasteiger partial charge in [0.15, 0.2) is 0 Å². The number of thiocarbonyl (C=S) groups is 1. The normalized spacial score (nSPS) is 24.7. The molecule has 0 saturated heterocycles. The average Bonchev–Trinajstić information content (AvgIpc) is 2.61. The van der Waals surface area contributed by atoms with Gasteiger partial charge < -0.3 is 5.73 Å². The number of guanidine groups is 1. The Labute approximate surface area is 170 Å². The van der Waals surface area contributed by atoms with Crippen molar-refractivity contribution < 1.29 is 8.60 Å². The van der Waals surface area contributed by atoms with Crippen molar-refractivity contribution in [2.45, 2.75) is 25.8 Å². The van der Waals surface area contributed by atoms with Crippen LogP contribution in [0.2, 0.25) is 0 Å². The van der Waals surface area contributed by atoms with Crippen LogP contribution in [0.25, 0.3) is 0 Å². The van der Waals surface area contributed by atoms with Crippen molar-refractivity contribution in [1.82, 2.24) is 9.29 Å². The molecule has 0 bridgehead atoms. The standard InChI is InChI=1S/C20H23FN4OS2/c1-13-5-8-17(23-11-13)18(27)10-14-6-7-16(21)15(9-14)20(2)12-28(4,26)25(3)19(22)24-20/h5-9,11H,4,10,12H2,1-3H3,(H2,22,24)/t20-,28?/m0/s1. The number of nitrogens with two attached hydrogens (primary N) is 1. The summed E-state index contributed by atoms with van der Waals surface area (Å²) in [6.07, 6.45) is 2.20. The third-order valence-electron chi connectivity index (χ3n) is 4.86. The predicted octanol–water partition coefficient (Wildman–Crippen LogP) is 2.60. The zero-order valence-electron chi connectivity index (χ0n) is 16.1. The number of pyridine rings is 1. The van der Waals surface area contributed by atoms with Crippen molar-refractivity contribution in [2.24, 2.45) is 10.7 Å². The predicted molar refractivity (Wildman–Crippen MR) is 118 cm³/mol. The lowest BCUT2D eigenvalue weighted by Crippen LogP contribution is -2.50. The molecule has 2 heterocycles. The van der Waals surface area contributed by atoms with Crippen LogP contribution >= 0.6 is 12.2 Å². The summed E-state index contributed by atoms with van der Waals surface area (Å²) in [4.78, 5) is 9.44. The van der Waals surface area contributed by atoms with Gasteiger partial charge in [0.2, 0.25) is 5.96 Å². The van der Waals surface area contributed by atoms with E-state index in [4.69, 9.17) is 18.0 Å². The van der Waals surface area contributed by atoms with Gasteiger partial charge >= 0.3 is 0 Å². The first-order chi connectivity index (χ1) is 13.0. The maximum atomic E-state index is 14.7. The lowest BCUT2D eigenvalue weighted by molar-refractivity contribution is 0.480. The maximum Gasteiger partial charge on any atom is 0.203 e. The van der Waals surface area contributed by atoms with Crippen molar-refractivity contribution >= 4 is 38.6 Å². The summed E-state index contributed by atoms with van der Waals surface area (Å²) in [6, 6.07) is 8.62. The topological polar surface area (TPSA) is 71.6 Å². The van der Waals surface area contributed by atoms with Crippen molar-refractivity contribution in [3.05, 3.63) is 64.7 Å². The molecular formula is C20H23FN4OS2. The maximum absolute atomic E-state index is 14.7. The van der Waals surface area contributed by atoms with E-state index in [0.29, 0.717) is 16.8 Å². The molecule has 28 heavy (non-hydrogen) atoms. The molecule has 5 nitrogen and oxygen atoms in total. The van der Waals surface area contributed by atoms with E-state index in [2.05, 4.69) is 15.8 Å². The molecule has 1 aromatic heterocycles. The molecule has 0 aliphatic carbocycles. The van der Waals surface area contributed by atoms with Gasteiger partial charge in [-0.2, -0.15) is 0 Å². The smallest absolute Gasteiger partial charge is 0.203 e. The van der Waals surface area contributed by atoms with E-state index < -0.39 is 21.1 Å². The molecule has 2 N–H and O–H groups in total. The zero-order valence-corrected chi connectivity index (χ0v) is 17.7. The van der Waals surface area contributed by atoms with Gasteiger partial charge in [-0.25, -0.2) is 13.6 Å². The third kappa shape index (κ3) is 3.93. The van der Waals surface area contributed by atoms with Crippen LogP contribution in [0.1, 0.15) is 29.3 Å². The van der Waals surface area contributed by atoms with E-state index in [9.17, 15) is 8.60 Å². The lowest BCUT2D eigenvalue weighted by Gasteiger charge is -2.37. The minimum absolute atomic E-state index is 0.0710.